The van der Waals surface area contributed by atoms with E-state index >= 15 is 0 Å². The number of amides is 1. The summed E-state index contributed by atoms with van der Waals surface area (Å²) in [4.78, 5) is 38.1. The predicted octanol–water partition coefficient (Wildman–Crippen LogP) is 3.99. The number of thiophene rings is 1. The molecule has 0 fully saturated rings. The summed E-state index contributed by atoms with van der Waals surface area (Å²) in [5.74, 6) is -1.32. The summed E-state index contributed by atoms with van der Waals surface area (Å²) < 4.78 is 10.2. The van der Waals surface area contributed by atoms with Crippen molar-refractivity contribution in [1.29, 1.82) is 0 Å². The van der Waals surface area contributed by atoms with Gasteiger partial charge in [0.1, 0.15) is 4.88 Å². The summed E-state index contributed by atoms with van der Waals surface area (Å²) in [6.07, 6.45) is 3.36. The summed E-state index contributed by atoms with van der Waals surface area (Å²) >= 11 is 1.46. The zero-order valence-electron chi connectivity index (χ0n) is 15.9. The lowest BCUT2D eigenvalue weighted by Crippen LogP contribution is -2.29. The van der Waals surface area contributed by atoms with Crippen LogP contribution in [0.5, 0.6) is 0 Å². The van der Waals surface area contributed by atoms with Crippen molar-refractivity contribution in [3.63, 3.8) is 0 Å². The van der Waals surface area contributed by atoms with E-state index in [1.54, 1.807) is 31.2 Å². The summed E-state index contributed by atoms with van der Waals surface area (Å²) in [5, 5.41) is 2.68. The molecule has 3 rings (SSSR count). The number of fused-ring (bicyclic) bond motifs is 1. The molecule has 1 aromatic carbocycles. The van der Waals surface area contributed by atoms with Crippen LogP contribution >= 0.6 is 11.3 Å². The molecule has 1 N–H and O–H groups in total. The second kappa shape index (κ2) is 9.01. The summed E-state index contributed by atoms with van der Waals surface area (Å²) in [7, 11) is 0. The molecule has 6 nitrogen and oxygen atoms in total. The molecule has 1 aromatic heterocycles. The molecule has 0 radical (unpaired) electrons. The highest BCUT2D eigenvalue weighted by molar-refractivity contribution is 7.14. The minimum atomic E-state index is -0.934. The van der Waals surface area contributed by atoms with E-state index in [0.717, 1.165) is 25.7 Å². The SMILES string of the molecule is CCOC(=O)c1ccc(NC(=O)C(C)OC(=O)c2cc3c(s2)CCCC3)cc1. The predicted molar refractivity (Wildman–Crippen MR) is 107 cm³/mol. The van der Waals surface area contributed by atoms with Gasteiger partial charge in [0.15, 0.2) is 6.10 Å². The van der Waals surface area contributed by atoms with Crippen molar-refractivity contribution in [2.75, 3.05) is 11.9 Å². The third-order valence-electron chi connectivity index (χ3n) is 4.51. The highest BCUT2D eigenvalue weighted by Gasteiger charge is 2.23. The number of nitrogens with one attached hydrogen (secondary N) is 1. The second-order valence-electron chi connectivity index (χ2n) is 6.60. The first-order chi connectivity index (χ1) is 13.5. The van der Waals surface area contributed by atoms with Gasteiger partial charge in [-0.05, 0) is 75.4 Å². The molecule has 0 aliphatic heterocycles. The first kappa shape index (κ1) is 20.1. The molecule has 0 saturated carbocycles. The fourth-order valence-corrected chi connectivity index (χ4v) is 4.15. The minimum absolute atomic E-state index is 0.299. The Labute approximate surface area is 167 Å². The van der Waals surface area contributed by atoms with Crippen LogP contribution in [-0.2, 0) is 27.1 Å². The topological polar surface area (TPSA) is 81.7 Å². The minimum Gasteiger partial charge on any atom is -0.462 e. The van der Waals surface area contributed by atoms with E-state index < -0.39 is 23.9 Å². The molecule has 1 aliphatic rings. The third-order valence-corrected chi connectivity index (χ3v) is 5.73. The second-order valence-corrected chi connectivity index (χ2v) is 7.74. The van der Waals surface area contributed by atoms with Crippen molar-refractivity contribution in [3.05, 3.63) is 51.2 Å². The number of esters is 2. The van der Waals surface area contributed by atoms with Crippen LogP contribution in [0.2, 0.25) is 0 Å². The van der Waals surface area contributed by atoms with Crippen LogP contribution in [-0.4, -0.2) is 30.6 Å². The number of hydrogen-bond acceptors (Lipinski definition) is 6. The standard InChI is InChI=1S/C21H23NO5S/c1-3-26-20(24)14-8-10-16(11-9-14)22-19(23)13(2)27-21(25)18-12-15-6-4-5-7-17(15)28-18/h8-13H,3-7H2,1-2H3,(H,22,23). The maximum absolute atomic E-state index is 12.4. The van der Waals surface area contributed by atoms with Crippen molar-refractivity contribution in [2.45, 2.75) is 45.6 Å². The Morgan fingerprint density at radius 2 is 1.82 bits per heavy atom. The van der Waals surface area contributed by atoms with Crippen molar-refractivity contribution < 1.29 is 23.9 Å². The van der Waals surface area contributed by atoms with Crippen LogP contribution in [0.4, 0.5) is 5.69 Å². The highest BCUT2D eigenvalue weighted by Crippen LogP contribution is 2.30. The first-order valence-corrected chi connectivity index (χ1v) is 10.2. The molecule has 0 saturated heterocycles. The molecular weight excluding hydrogens is 378 g/mol. The number of hydrogen-bond donors (Lipinski definition) is 1. The summed E-state index contributed by atoms with van der Waals surface area (Å²) in [6, 6.07) is 8.24. The maximum Gasteiger partial charge on any atom is 0.349 e. The van der Waals surface area contributed by atoms with Crippen LogP contribution in [0.25, 0.3) is 0 Å². The molecule has 7 heteroatoms. The Bertz CT molecular complexity index is 848. The number of benzene rings is 1. The van der Waals surface area contributed by atoms with Gasteiger partial charge >= 0.3 is 11.9 Å². The molecule has 1 aliphatic carbocycles. The molecule has 1 heterocycles. The van der Waals surface area contributed by atoms with Gasteiger partial charge in [-0.3, -0.25) is 4.79 Å². The molecule has 1 unspecified atom stereocenters. The van der Waals surface area contributed by atoms with E-state index in [4.69, 9.17) is 9.47 Å². The van der Waals surface area contributed by atoms with E-state index in [2.05, 4.69) is 5.32 Å². The zero-order valence-corrected chi connectivity index (χ0v) is 16.8. The monoisotopic (exact) mass is 401 g/mol. The van der Waals surface area contributed by atoms with Crippen LogP contribution in [0.15, 0.2) is 30.3 Å². The fraction of sp³-hybridized carbons (Fsp3) is 0.381. The van der Waals surface area contributed by atoms with Crippen LogP contribution < -0.4 is 5.32 Å². The van der Waals surface area contributed by atoms with Gasteiger partial charge in [-0.2, -0.15) is 0 Å². The Hall–Kier alpha value is -2.67. The molecule has 0 spiro atoms. The maximum atomic E-state index is 12.4. The van der Waals surface area contributed by atoms with Gasteiger partial charge in [-0.25, -0.2) is 9.59 Å². The van der Waals surface area contributed by atoms with Crippen molar-refractivity contribution in [3.8, 4) is 0 Å². The molecule has 148 valence electrons. The number of anilines is 1. The normalized spacial score (nSPS) is 13.9. The lowest BCUT2D eigenvalue weighted by molar-refractivity contribution is -0.123. The highest BCUT2D eigenvalue weighted by atomic mass is 32.1. The number of aryl methyl sites for hydroxylation is 2. The molecule has 1 atom stereocenters. The van der Waals surface area contributed by atoms with E-state index in [0.29, 0.717) is 22.7 Å². The zero-order chi connectivity index (χ0) is 20.1. The van der Waals surface area contributed by atoms with Gasteiger partial charge < -0.3 is 14.8 Å². The lowest BCUT2D eigenvalue weighted by atomic mass is 9.99. The van der Waals surface area contributed by atoms with Crippen LogP contribution in [0.1, 0.15) is 57.2 Å². The molecule has 28 heavy (non-hydrogen) atoms. The van der Waals surface area contributed by atoms with Crippen LogP contribution in [0.3, 0.4) is 0 Å². The smallest absolute Gasteiger partial charge is 0.349 e. The van der Waals surface area contributed by atoms with Gasteiger partial charge in [-0.1, -0.05) is 0 Å². The average Bonchev–Trinajstić information content (AvgIpc) is 3.13. The van der Waals surface area contributed by atoms with Crippen molar-refractivity contribution >= 4 is 34.9 Å². The number of ether oxygens (including phenoxy) is 2. The summed E-state index contributed by atoms with van der Waals surface area (Å²) in [5.41, 5.74) is 2.13. The van der Waals surface area contributed by atoms with Gasteiger partial charge in [-0.15, -0.1) is 11.3 Å². The Morgan fingerprint density at radius 3 is 2.50 bits per heavy atom. The number of rotatable bonds is 6. The summed E-state index contributed by atoms with van der Waals surface area (Å²) in [6.45, 7) is 3.57. The number of carbonyl (C=O) groups is 3. The molecular formula is C21H23NO5S. The van der Waals surface area contributed by atoms with Crippen molar-refractivity contribution in [1.82, 2.24) is 0 Å². The first-order valence-electron chi connectivity index (χ1n) is 9.38. The lowest BCUT2D eigenvalue weighted by Gasteiger charge is -2.13. The third kappa shape index (κ3) is 4.78. The quantitative estimate of drug-likeness (QED) is 0.740. The van der Waals surface area contributed by atoms with Gasteiger partial charge in [0.05, 0.1) is 12.2 Å². The average molecular weight is 401 g/mol. The van der Waals surface area contributed by atoms with Gasteiger partial charge in [0.25, 0.3) is 5.91 Å². The molecule has 2 aromatic rings. The van der Waals surface area contributed by atoms with Crippen LogP contribution in [0, 0.1) is 0 Å². The van der Waals surface area contributed by atoms with Crippen molar-refractivity contribution in [2.24, 2.45) is 0 Å². The Balaban J connectivity index is 1.56. The largest absolute Gasteiger partial charge is 0.462 e. The van der Waals surface area contributed by atoms with Gasteiger partial charge in [0, 0.05) is 10.6 Å². The number of carbonyl (C=O) groups excluding carboxylic acids is 3. The fourth-order valence-electron chi connectivity index (χ4n) is 3.01. The van der Waals surface area contributed by atoms with E-state index in [1.807, 2.05) is 6.07 Å². The van der Waals surface area contributed by atoms with E-state index in [1.165, 1.54) is 28.7 Å². The van der Waals surface area contributed by atoms with E-state index in [9.17, 15) is 14.4 Å². The molecule has 0 bridgehead atoms. The Kier molecular flexibility index (Phi) is 6.46. The Morgan fingerprint density at radius 1 is 1.11 bits per heavy atom. The van der Waals surface area contributed by atoms with Gasteiger partial charge in [0.2, 0.25) is 0 Å². The molecule has 1 amide bonds. The van der Waals surface area contributed by atoms with E-state index in [-0.39, 0.29) is 0 Å².